The Morgan fingerprint density at radius 1 is 1.00 bits per heavy atom. The van der Waals surface area contributed by atoms with Crippen LogP contribution in [-0.4, -0.2) is 37.4 Å². The molecule has 156 valence electrons. The molecule has 0 saturated heterocycles. The maximum Gasteiger partial charge on any atom is 0.255 e. The van der Waals surface area contributed by atoms with Crippen LogP contribution in [0.2, 0.25) is 0 Å². The summed E-state index contributed by atoms with van der Waals surface area (Å²) >= 11 is 0. The minimum absolute atomic E-state index is 0.176. The highest BCUT2D eigenvalue weighted by molar-refractivity contribution is 7.89. The molecule has 2 aromatic rings. The van der Waals surface area contributed by atoms with Gasteiger partial charge in [0.1, 0.15) is 0 Å². The minimum Gasteiger partial charge on any atom is -0.272 e. The first-order valence-corrected chi connectivity index (χ1v) is 11.3. The van der Waals surface area contributed by atoms with Gasteiger partial charge in [0.2, 0.25) is 10.0 Å². The zero-order valence-electron chi connectivity index (χ0n) is 17.3. The van der Waals surface area contributed by atoms with Crippen LogP contribution in [0, 0.1) is 6.92 Å². The molecular formula is C22H29N3O3S. The number of sulfonamides is 1. The van der Waals surface area contributed by atoms with Crippen LogP contribution in [0.3, 0.4) is 0 Å². The number of aryl methyl sites for hydroxylation is 1. The SMILES string of the molecule is CCC(CC)=NNC(=O)CN(CCc1ccccc1)S(=O)(=O)c1ccc(C)cc1. The number of nitrogens with one attached hydrogen (secondary N) is 1. The van der Waals surface area contributed by atoms with E-state index in [0.717, 1.165) is 29.7 Å². The van der Waals surface area contributed by atoms with Gasteiger partial charge in [-0.2, -0.15) is 9.41 Å². The summed E-state index contributed by atoms with van der Waals surface area (Å²) in [5.74, 6) is -0.451. The zero-order chi connectivity index (χ0) is 21.3. The van der Waals surface area contributed by atoms with Gasteiger partial charge in [0.15, 0.2) is 0 Å². The Bertz CT molecular complexity index is 918. The molecule has 0 fully saturated rings. The van der Waals surface area contributed by atoms with Gasteiger partial charge in [-0.3, -0.25) is 4.79 Å². The number of nitrogens with zero attached hydrogens (tertiary/aromatic N) is 2. The summed E-state index contributed by atoms with van der Waals surface area (Å²) < 4.78 is 27.5. The summed E-state index contributed by atoms with van der Waals surface area (Å²) in [6.07, 6.45) is 1.98. The van der Waals surface area contributed by atoms with Crippen molar-refractivity contribution in [3.63, 3.8) is 0 Å². The van der Waals surface area contributed by atoms with E-state index in [4.69, 9.17) is 0 Å². The lowest BCUT2D eigenvalue weighted by atomic mass is 10.1. The molecule has 0 heterocycles. The Morgan fingerprint density at radius 2 is 1.62 bits per heavy atom. The number of carbonyl (C=O) groups is 1. The molecule has 1 amide bonds. The molecule has 0 aliphatic heterocycles. The van der Waals surface area contributed by atoms with Gasteiger partial charge in [-0.1, -0.05) is 61.9 Å². The van der Waals surface area contributed by atoms with Crippen LogP contribution in [-0.2, 0) is 21.2 Å². The molecule has 1 N–H and O–H groups in total. The average molecular weight is 416 g/mol. The van der Waals surface area contributed by atoms with E-state index in [1.807, 2.05) is 51.1 Å². The standard InChI is InChI=1S/C22H29N3O3S/c1-4-20(5-2)23-24-22(26)17-25(16-15-19-9-7-6-8-10-19)29(27,28)21-13-11-18(3)12-14-21/h6-14H,4-5,15-17H2,1-3H3,(H,24,26). The first-order valence-electron chi connectivity index (χ1n) is 9.81. The minimum atomic E-state index is -3.81. The van der Waals surface area contributed by atoms with Crippen LogP contribution in [0.5, 0.6) is 0 Å². The van der Waals surface area contributed by atoms with Crippen molar-refractivity contribution in [2.75, 3.05) is 13.1 Å². The first-order chi connectivity index (χ1) is 13.9. The summed E-state index contributed by atoms with van der Waals surface area (Å²) in [7, 11) is -3.81. The van der Waals surface area contributed by atoms with Crippen molar-refractivity contribution in [2.45, 2.75) is 44.9 Å². The topological polar surface area (TPSA) is 78.8 Å². The number of amides is 1. The van der Waals surface area contributed by atoms with Crippen molar-refractivity contribution in [3.05, 3.63) is 65.7 Å². The normalized spacial score (nSPS) is 11.3. The Morgan fingerprint density at radius 3 is 2.21 bits per heavy atom. The van der Waals surface area contributed by atoms with Crippen LogP contribution in [0.4, 0.5) is 0 Å². The molecule has 0 saturated carbocycles. The van der Waals surface area contributed by atoms with Crippen LogP contribution < -0.4 is 5.43 Å². The summed E-state index contributed by atoms with van der Waals surface area (Å²) in [5.41, 5.74) is 5.33. The van der Waals surface area contributed by atoms with E-state index in [0.29, 0.717) is 6.42 Å². The van der Waals surface area contributed by atoms with E-state index >= 15 is 0 Å². The quantitative estimate of drug-likeness (QED) is 0.476. The molecule has 0 radical (unpaired) electrons. The lowest BCUT2D eigenvalue weighted by Gasteiger charge is -2.21. The van der Waals surface area contributed by atoms with Crippen molar-refractivity contribution in [1.29, 1.82) is 0 Å². The molecule has 0 aliphatic rings. The van der Waals surface area contributed by atoms with E-state index < -0.39 is 15.9 Å². The van der Waals surface area contributed by atoms with Crippen molar-refractivity contribution in [1.82, 2.24) is 9.73 Å². The van der Waals surface area contributed by atoms with Crippen LogP contribution >= 0.6 is 0 Å². The zero-order valence-corrected chi connectivity index (χ0v) is 18.1. The molecular weight excluding hydrogens is 386 g/mol. The van der Waals surface area contributed by atoms with Crippen LogP contribution in [0.15, 0.2) is 64.6 Å². The van der Waals surface area contributed by atoms with Gasteiger partial charge in [0, 0.05) is 12.3 Å². The van der Waals surface area contributed by atoms with E-state index in [1.165, 1.54) is 4.31 Å². The third kappa shape index (κ3) is 6.80. The van der Waals surface area contributed by atoms with Crippen LogP contribution in [0.25, 0.3) is 0 Å². The van der Waals surface area contributed by atoms with Gasteiger partial charge in [-0.25, -0.2) is 13.8 Å². The number of benzene rings is 2. The molecule has 0 unspecified atom stereocenters. The van der Waals surface area contributed by atoms with Gasteiger partial charge in [0.25, 0.3) is 5.91 Å². The maximum atomic E-state index is 13.2. The maximum absolute atomic E-state index is 13.2. The van der Waals surface area contributed by atoms with Crippen LogP contribution in [0.1, 0.15) is 37.8 Å². The Labute approximate surface area is 173 Å². The predicted molar refractivity (Wildman–Crippen MR) is 116 cm³/mol. The Balaban J connectivity index is 2.21. The highest BCUT2D eigenvalue weighted by Crippen LogP contribution is 2.17. The summed E-state index contributed by atoms with van der Waals surface area (Å²) in [6.45, 7) is 5.73. The summed E-state index contributed by atoms with van der Waals surface area (Å²) in [5, 5.41) is 4.09. The fourth-order valence-electron chi connectivity index (χ4n) is 2.79. The second-order valence-corrected chi connectivity index (χ2v) is 8.75. The number of rotatable bonds is 10. The van der Waals surface area contributed by atoms with Gasteiger partial charge >= 0.3 is 0 Å². The van der Waals surface area contributed by atoms with Gasteiger partial charge in [-0.15, -0.1) is 0 Å². The second kappa shape index (κ2) is 10.9. The molecule has 0 atom stereocenters. The van der Waals surface area contributed by atoms with Crippen molar-refractivity contribution in [2.24, 2.45) is 5.10 Å². The van der Waals surface area contributed by atoms with Gasteiger partial charge in [0.05, 0.1) is 11.4 Å². The molecule has 2 rings (SSSR count). The Kier molecular flexibility index (Phi) is 8.54. The van der Waals surface area contributed by atoms with Crippen molar-refractivity contribution in [3.8, 4) is 0 Å². The summed E-state index contributed by atoms with van der Waals surface area (Å²) in [6, 6.07) is 16.3. The van der Waals surface area contributed by atoms with E-state index in [9.17, 15) is 13.2 Å². The molecule has 6 nitrogen and oxygen atoms in total. The molecule has 0 spiro atoms. The average Bonchev–Trinajstić information content (AvgIpc) is 2.72. The largest absolute Gasteiger partial charge is 0.272 e. The monoisotopic (exact) mass is 415 g/mol. The second-order valence-electron chi connectivity index (χ2n) is 6.81. The Hall–Kier alpha value is -2.51. The number of carbonyl (C=O) groups excluding carboxylic acids is 1. The lowest BCUT2D eigenvalue weighted by molar-refractivity contribution is -0.121. The van der Waals surface area contributed by atoms with Crippen molar-refractivity contribution >= 4 is 21.6 Å². The highest BCUT2D eigenvalue weighted by Gasteiger charge is 2.26. The molecule has 0 aromatic heterocycles. The predicted octanol–water partition coefficient (Wildman–Crippen LogP) is 3.52. The molecule has 0 aliphatic carbocycles. The third-order valence-corrected chi connectivity index (χ3v) is 6.49. The molecule has 2 aromatic carbocycles. The molecule has 7 heteroatoms. The third-order valence-electron chi connectivity index (χ3n) is 4.63. The molecule has 29 heavy (non-hydrogen) atoms. The van der Waals surface area contributed by atoms with E-state index in [-0.39, 0.29) is 18.0 Å². The smallest absolute Gasteiger partial charge is 0.255 e. The van der Waals surface area contributed by atoms with Gasteiger partial charge < -0.3 is 0 Å². The lowest BCUT2D eigenvalue weighted by Crippen LogP contribution is -2.40. The fourth-order valence-corrected chi connectivity index (χ4v) is 4.18. The van der Waals surface area contributed by atoms with Crippen molar-refractivity contribution < 1.29 is 13.2 Å². The highest BCUT2D eigenvalue weighted by atomic mass is 32.2. The fraction of sp³-hybridized carbons (Fsp3) is 0.364. The van der Waals surface area contributed by atoms with E-state index in [1.54, 1.807) is 24.3 Å². The van der Waals surface area contributed by atoms with E-state index in [2.05, 4.69) is 10.5 Å². The first kappa shape index (κ1) is 22.8. The number of hydrogen-bond donors (Lipinski definition) is 1. The summed E-state index contributed by atoms with van der Waals surface area (Å²) in [4.78, 5) is 12.6. The van der Waals surface area contributed by atoms with Gasteiger partial charge in [-0.05, 0) is 43.9 Å². The molecule has 0 bridgehead atoms. The number of hydrazone groups is 1. The number of hydrogen-bond acceptors (Lipinski definition) is 4.